The highest BCUT2D eigenvalue weighted by molar-refractivity contribution is 7.89. The Morgan fingerprint density at radius 3 is 2.23 bits per heavy atom. The Morgan fingerprint density at radius 1 is 0.818 bits per heavy atom. The van der Waals surface area contributed by atoms with E-state index in [0.717, 1.165) is 16.3 Å². The van der Waals surface area contributed by atoms with Crippen LogP contribution >= 0.6 is 0 Å². The van der Waals surface area contributed by atoms with Crippen molar-refractivity contribution in [1.29, 1.82) is 0 Å². The van der Waals surface area contributed by atoms with Crippen molar-refractivity contribution in [2.24, 2.45) is 0 Å². The highest BCUT2D eigenvalue weighted by atomic mass is 32.2. The number of anilines is 1. The van der Waals surface area contributed by atoms with Crippen molar-refractivity contribution >= 4 is 26.5 Å². The molecule has 0 aromatic heterocycles. The molecule has 0 aliphatic rings. The van der Waals surface area contributed by atoms with Crippen molar-refractivity contribution in [2.75, 3.05) is 5.43 Å². The summed E-state index contributed by atoms with van der Waals surface area (Å²) in [4.78, 5) is 2.63. The summed E-state index contributed by atoms with van der Waals surface area (Å²) in [6.07, 6.45) is 0. The molecule has 0 aliphatic carbocycles. The topological polar surface area (TPSA) is 58.2 Å². The van der Waals surface area contributed by atoms with E-state index in [9.17, 15) is 8.42 Å². The first-order valence-corrected chi connectivity index (χ1v) is 8.36. The van der Waals surface area contributed by atoms with Crippen LogP contribution in [0.3, 0.4) is 0 Å². The summed E-state index contributed by atoms with van der Waals surface area (Å²) in [5.74, 6) is 0. The van der Waals surface area contributed by atoms with E-state index in [2.05, 4.69) is 10.3 Å². The zero-order valence-electron chi connectivity index (χ0n) is 12.1. The van der Waals surface area contributed by atoms with Gasteiger partial charge in [0, 0.05) is 0 Å². The molecule has 2 N–H and O–H groups in total. The van der Waals surface area contributed by atoms with Crippen LogP contribution in [-0.4, -0.2) is 8.42 Å². The number of hydrazine groups is 1. The van der Waals surface area contributed by atoms with E-state index in [4.69, 9.17) is 0 Å². The summed E-state index contributed by atoms with van der Waals surface area (Å²) in [6.45, 7) is 1.91. The van der Waals surface area contributed by atoms with Crippen molar-refractivity contribution in [3.8, 4) is 0 Å². The average Bonchev–Trinajstić information content (AvgIpc) is 2.53. The maximum atomic E-state index is 12.2. The number of sulfonamides is 1. The molecule has 4 nitrogen and oxygen atoms in total. The van der Waals surface area contributed by atoms with Crippen LogP contribution in [-0.2, 0) is 10.0 Å². The van der Waals surface area contributed by atoms with Crippen LogP contribution in [0.1, 0.15) is 5.56 Å². The third kappa shape index (κ3) is 3.10. The standard InChI is InChI=1S/C17H16N2O2S/c1-13-6-10-17(11-7-13)22(20,21)19-18-16-9-8-14-4-2-3-5-15(14)12-16/h2-12,18-19H,1H3. The first-order valence-electron chi connectivity index (χ1n) is 6.88. The van der Waals surface area contributed by atoms with E-state index in [1.807, 2.05) is 49.4 Å². The molecule has 112 valence electrons. The summed E-state index contributed by atoms with van der Waals surface area (Å²) in [7, 11) is -3.59. The third-order valence-corrected chi connectivity index (χ3v) is 4.67. The van der Waals surface area contributed by atoms with Gasteiger partial charge in [-0.15, -0.1) is 4.83 Å². The Balaban J connectivity index is 1.79. The number of aryl methyl sites for hydroxylation is 1. The minimum atomic E-state index is -3.59. The van der Waals surface area contributed by atoms with Gasteiger partial charge in [0.15, 0.2) is 0 Å². The lowest BCUT2D eigenvalue weighted by Gasteiger charge is -2.10. The Kier molecular flexibility index (Phi) is 3.83. The second kappa shape index (κ2) is 5.79. The van der Waals surface area contributed by atoms with Crippen LogP contribution in [0.4, 0.5) is 5.69 Å². The zero-order valence-corrected chi connectivity index (χ0v) is 12.9. The monoisotopic (exact) mass is 312 g/mol. The number of hydrogen-bond acceptors (Lipinski definition) is 3. The maximum absolute atomic E-state index is 12.2. The number of benzene rings is 3. The van der Waals surface area contributed by atoms with Gasteiger partial charge < -0.3 is 5.43 Å². The number of nitrogens with one attached hydrogen (secondary N) is 2. The van der Waals surface area contributed by atoms with Gasteiger partial charge in [0.2, 0.25) is 0 Å². The van der Waals surface area contributed by atoms with Crippen molar-refractivity contribution in [2.45, 2.75) is 11.8 Å². The fraction of sp³-hybridized carbons (Fsp3) is 0.0588. The molecule has 0 spiro atoms. The van der Waals surface area contributed by atoms with Gasteiger partial charge in [-0.1, -0.05) is 48.0 Å². The molecule has 0 radical (unpaired) electrons. The minimum absolute atomic E-state index is 0.228. The summed E-state index contributed by atoms with van der Waals surface area (Å²) >= 11 is 0. The minimum Gasteiger partial charge on any atom is -0.308 e. The normalized spacial score (nSPS) is 11.5. The maximum Gasteiger partial charge on any atom is 0.257 e. The highest BCUT2D eigenvalue weighted by Crippen LogP contribution is 2.18. The molecule has 0 aliphatic heterocycles. The Labute approximate surface area is 129 Å². The molecule has 0 amide bonds. The molecule has 0 heterocycles. The molecule has 0 saturated carbocycles. The van der Waals surface area contributed by atoms with Crippen LogP contribution in [0.15, 0.2) is 71.6 Å². The lowest BCUT2D eigenvalue weighted by Crippen LogP contribution is -2.29. The van der Waals surface area contributed by atoms with Gasteiger partial charge in [-0.05, 0) is 42.0 Å². The number of fused-ring (bicyclic) bond motifs is 1. The predicted octanol–water partition coefficient (Wildman–Crippen LogP) is 3.45. The molecule has 0 unspecified atom stereocenters. The smallest absolute Gasteiger partial charge is 0.257 e. The molecule has 0 fully saturated rings. The van der Waals surface area contributed by atoms with Crippen LogP contribution in [0.2, 0.25) is 0 Å². The Morgan fingerprint density at radius 2 is 1.50 bits per heavy atom. The SMILES string of the molecule is Cc1ccc(S(=O)(=O)NNc2ccc3ccccc3c2)cc1. The van der Waals surface area contributed by atoms with E-state index < -0.39 is 10.0 Å². The second-order valence-corrected chi connectivity index (χ2v) is 6.79. The van der Waals surface area contributed by atoms with Crippen molar-refractivity contribution < 1.29 is 8.42 Å². The molecule has 0 bridgehead atoms. The molecular formula is C17H16N2O2S. The first kappa shape index (κ1) is 14.6. The van der Waals surface area contributed by atoms with E-state index in [0.29, 0.717) is 5.69 Å². The van der Waals surface area contributed by atoms with Gasteiger partial charge in [-0.25, -0.2) is 8.42 Å². The fourth-order valence-corrected chi connectivity index (χ4v) is 3.03. The summed E-state index contributed by atoms with van der Waals surface area (Å²) in [5, 5.41) is 2.15. The summed E-state index contributed by atoms with van der Waals surface area (Å²) in [6, 6.07) is 20.3. The van der Waals surface area contributed by atoms with Crippen LogP contribution in [0, 0.1) is 6.92 Å². The lowest BCUT2D eigenvalue weighted by atomic mass is 10.1. The highest BCUT2D eigenvalue weighted by Gasteiger charge is 2.12. The molecule has 22 heavy (non-hydrogen) atoms. The van der Waals surface area contributed by atoms with Crippen LogP contribution < -0.4 is 10.3 Å². The van der Waals surface area contributed by atoms with Gasteiger partial charge in [-0.3, -0.25) is 0 Å². The van der Waals surface area contributed by atoms with Gasteiger partial charge >= 0.3 is 0 Å². The van der Waals surface area contributed by atoms with E-state index in [1.165, 1.54) is 0 Å². The van der Waals surface area contributed by atoms with Gasteiger partial charge in [-0.2, -0.15) is 0 Å². The van der Waals surface area contributed by atoms with Gasteiger partial charge in [0.25, 0.3) is 10.0 Å². The summed E-state index contributed by atoms with van der Waals surface area (Å²) in [5.41, 5.74) is 4.46. The van der Waals surface area contributed by atoms with Crippen molar-refractivity contribution in [1.82, 2.24) is 4.83 Å². The second-order valence-electron chi connectivity index (χ2n) is 5.11. The molecule has 3 aromatic carbocycles. The molecule has 5 heteroatoms. The predicted molar refractivity (Wildman–Crippen MR) is 89.1 cm³/mol. The fourth-order valence-electron chi connectivity index (χ4n) is 2.17. The quantitative estimate of drug-likeness (QED) is 0.725. The molecule has 0 saturated heterocycles. The number of rotatable bonds is 4. The van der Waals surface area contributed by atoms with Crippen LogP contribution in [0.5, 0.6) is 0 Å². The first-order chi connectivity index (χ1) is 10.5. The third-order valence-electron chi connectivity index (χ3n) is 3.41. The zero-order chi connectivity index (χ0) is 15.6. The molecular weight excluding hydrogens is 296 g/mol. The van der Waals surface area contributed by atoms with Crippen molar-refractivity contribution in [3.63, 3.8) is 0 Å². The van der Waals surface area contributed by atoms with Gasteiger partial charge in [0.05, 0.1) is 10.6 Å². The van der Waals surface area contributed by atoms with Crippen LogP contribution in [0.25, 0.3) is 10.8 Å². The van der Waals surface area contributed by atoms with Gasteiger partial charge in [0.1, 0.15) is 0 Å². The van der Waals surface area contributed by atoms with E-state index >= 15 is 0 Å². The molecule has 3 aromatic rings. The molecule has 0 atom stereocenters. The lowest BCUT2D eigenvalue weighted by molar-refractivity contribution is 0.587. The van der Waals surface area contributed by atoms with E-state index in [1.54, 1.807) is 24.3 Å². The number of hydrogen-bond donors (Lipinski definition) is 2. The summed E-state index contributed by atoms with van der Waals surface area (Å²) < 4.78 is 24.4. The molecule has 3 rings (SSSR count). The van der Waals surface area contributed by atoms with Crippen molar-refractivity contribution in [3.05, 3.63) is 72.3 Å². The average molecular weight is 312 g/mol. The Hall–Kier alpha value is -2.37. The van der Waals surface area contributed by atoms with E-state index in [-0.39, 0.29) is 4.90 Å². The largest absolute Gasteiger partial charge is 0.308 e. The Bertz CT molecular complexity index is 903.